The largest absolute Gasteiger partial charge is 0.481 e. The first-order valence-electron chi connectivity index (χ1n) is 7.65. The Balaban J connectivity index is 1.66. The molecule has 0 radical (unpaired) electrons. The lowest BCUT2D eigenvalue weighted by atomic mass is 9.88. The summed E-state index contributed by atoms with van der Waals surface area (Å²) in [7, 11) is 0. The second-order valence-electron chi connectivity index (χ2n) is 6.48. The highest BCUT2D eigenvalue weighted by Gasteiger charge is 2.40. The Kier molecular flexibility index (Phi) is 3.79. The summed E-state index contributed by atoms with van der Waals surface area (Å²) in [6, 6.07) is 9.93. The molecule has 2 aliphatic heterocycles. The van der Waals surface area contributed by atoms with Gasteiger partial charge in [-0.25, -0.2) is 0 Å². The second-order valence-corrected chi connectivity index (χ2v) is 6.48. The first kappa shape index (κ1) is 13.6. The quantitative estimate of drug-likeness (QED) is 0.915. The molecule has 2 aliphatic rings. The maximum atomic E-state index is 10.9. The lowest BCUT2D eigenvalue weighted by Crippen LogP contribution is -2.42. The highest BCUT2D eigenvalue weighted by molar-refractivity contribution is 5.67. The SMILES string of the molecule is Cc1cccc(CN2C3CCC2CC(CC(=O)O)C3)c1. The van der Waals surface area contributed by atoms with Crippen LogP contribution in [0.1, 0.15) is 43.2 Å². The first-order valence-corrected chi connectivity index (χ1v) is 7.65. The van der Waals surface area contributed by atoms with Crippen LogP contribution < -0.4 is 0 Å². The fourth-order valence-electron chi connectivity index (χ4n) is 4.08. The third-order valence-electron chi connectivity index (χ3n) is 4.89. The molecule has 0 amide bonds. The molecule has 0 spiro atoms. The van der Waals surface area contributed by atoms with Gasteiger partial charge in [-0.1, -0.05) is 29.8 Å². The first-order chi connectivity index (χ1) is 9.61. The second kappa shape index (κ2) is 5.57. The molecule has 2 atom stereocenters. The van der Waals surface area contributed by atoms with Gasteiger partial charge in [-0.2, -0.15) is 0 Å². The predicted molar refractivity (Wildman–Crippen MR) is 78.5 cm³/mol. The molecule has 2 unspecified atom stereocenters. The molecule has 1 N–H and O–H groups in total. The summed E-state index contributed by atoms with van der Waals surface area (Å²) in [4.78, 5) is 13.5. The Morgan fingerprint density at radius 1 is 1.30 bits per heavy atom. The number of aryl methyl sites for hydroxylation is 1. The molecule has 20 heavy (non-hydrogen) atoms. The molecule has 2 saturated heterocycles. The zero-order valence-electron chi connectivity index (χ0n) is 12.1. The zero-order chi connectivity index (χ0) is 14.1. The number of fused-ring (bicyclic) bond motifs is 2. The van der Waals surface area contributed by atoms with Gasteiger partial charge in [-0.05, 0) is 44.1 Å². The van der Waals surface area contributed by atoms with Gasteiger partial charge < -0.3 is 5.11 Å². The molecule has 2 bridgehead atoms. The number of hydrogen-bond donors (Lipinski definition) is 1. The molecule has 2 fully saturated rings. The van der Waals surface area contributed by atoms with Crippen LogP contribution in [0, 0.1) is 12.8 Å². The van der Waals surface area contributed by atoms with E-state index in [0.29, 0.717) is 24.4 Å². The van der Waals surface area contributed by atoms with Gasteiger partial charge in [0.2, 0.25) is 0 Å². The van der Waals surface area contributed by atoms with E-state index < -0.39 is 5.97 Å². The van der Waals surface area contributed by atoms with Crippen LogP contribution in [0.5, 0.6) is 0 Å². The summed E-state index contributed by atoms with van der Waals surface area (Å²) in [5, 5.41) is 8.98. The van der Waals surface area contributed by atoms with Crippen LogP contribution in [0.15, 0.2) is 24.3 Å². The van der Waals surface area contributed by atoms with E-state index in [1.165, 1.54) is 24.0 Å². The number of benzene rings is 1. The van der Waals surface area contributed by atoms with E-state index in [2.05, 4.69) is 36.1 Å². The molecule has 3 rings (SSSR count). The predicted octanol–water partition coefficient (Wildman–Crippen LogP) is 3.21. The van der Waals surface area contributed by atoms with Crippen molar-refractivity contribution in [2.75, 3.05) is 0 Å². The smallest absolute Gasteiger partial charge is 0.303 e. The molecule has 3 heteroatoms. The molecule has 108 valence electrons. The summed E-state index contributed by atoms with van der Waals surface area (Å²) in [5.74, 6) is -0.250. The van der Waals surface area contributed by atoms with Gasteiger partial charge in [0, 0.05) is 25.0 Å². The molecule has 2 heterocycles. The van der Waals surface area contributed by atoms with Gasteiger partial charge in [0.15, 0.2) is 0 Å². The molecular weight excluding hydrogens is 250 g/mol. The molecule has 0 aromatic heterocycles. The minimum Gasteiger partial charge on any atom is -0.481 e. The van der Waals surface area contributed by atoms with Gasteiger partial charge in [0.05, 0.1) is 0 Å². The van der Waals surface area contributed by atoms with Gasteiger partial charge >= 0.3 is 5.97 Å². The van der Waals surface area contributed by atoms with Crippen molar-refractivity contribution < 1.29 is 9.90 Å². The molecule has 3 nitrogen and oxygen atoms in total. The average Bonchev–Trinajstić information content (AvgIpc) is 2.61. The number of piperidine rings is 1. The van der Waals surface area contributed by atoms with E-state index in [4.69, 9.17) is 5.11 Å². The summed E-state index contributed by atoms with van der Waals surface area (Å²) in [6.45, 7) is 3.16. The van der Waals surface area contributed by atoms with Crippen LogP contribution in [-0.4, -0.2) is 28.1 Å². The van der Waals surface area contributed by atoms with E-state index in [-0.39, 0.29) is 0 Å². The van der Waals surface area contributed by atoms with Gasteiger partial charge in [0.25, 0.3) is 0 Å². The standard InChI is InChI=1S/C17H23NO2/c1-12-3-2-4-13(7-12)11-18-15-5-6-16(18)9-14(8-15)10-17(19)20/h2-4,7,14-16H,5-6,8-11H2,1H3,(H,19,20). The Hall–Kier alpha value is -1.35. The number of carboxylic acid groups (broad SMARTS) is 1. The van der Waals surface area contributed by atoms with Crippen molar-refractivity contribution in [1.82, 2.24) is 4.90 Å². The number of hydrogen-bond acceptors (Lipinski definition) is 2. The maximum absolute atomic E-state index is 10.9. The highest BCUT2D eigenvalue weighted by atomic mass is 16.4. The van der Waals surface area contributed by atoms with Gasteiger partial charge in [0.1, 0.15) is 0 Å². The van der Waals surface area contributed by atoms with Crippen molar-refractivity contribution in [3.63, 3.8) is 0 Å². The molecule has 0 saturated carbocycles. The maximum Gasteiger partial charge on any atom is 0.303 e. The average molecular weight is 273 g/mol. The number of aliphatic carboxylic acids is 1. The minimum atomic E-state index is -0.637. The number of nitrogens with zero attached hydrogens (tertiary/aromatic N) is 1. The normalized spacial score (nSPS) is 29.6. The van der Waals surface area contributed by atoms with E-state index in [0.717, 1.165) is 19.4 Å². The zero-order valence-corrected chi connectivity index (χ0v) is 12.1. The third kappa shape index (κ3) is 2.88. The Morgan fingerprint density at radius 3 is 2.60 bits per heavy atom. The Bertz CT molecular complexity index is 486. The highest BCUT2D eigenvalue weighted by Crippen LogP contribution is 2.40. The van der Waals surface area contributed by atoms with E-state index >= 15 is 0 Å². The summed E-state index contributed by atoms with van der Waals surface area (Å²) in [5.41, 5.74) is 2.70. The lowest BCUT2D eigenvalue weighted by molar-refractivity contribution is -0.138. The van der Waals surface area contributed by atoms with Crippen molar-refractivity contribution in [1.29, 1.82) is 0 Å². The Labute approximate surface area is 120 Å². The minimum absolute atomic E-state index is 0.352. The van der Waals surface area contributed by atoms with Crippen molar-refractivity contribution in [3.8, 4) is 0 Å². The van der Waals surface area contributed by atoms with Crippen molar-refractivity contribution in [2.24, 2.45) is 5.92 Å². The van der Waals surface area contributed by atoms with Crippen LogP contribution in [-0.2, 0) is 11.3 Å². The van der Waals surface area contributed by atoms with Gasteiger partial charge in [-0.3, -0.25) is 9.69 Å². The summed E-state index contributed by atoms with van der Waals surface area (Å²) < 4.78 is 0. The van der Waals surface area contributed by atoms with Crippen LogP contribution in [0.4, 0.5) is 0 Å². The van der Waals surface area contributed by atoms with Crippen LogP contribution in [0.25, 0.3) is 0 Å². The van der Waals surface area contributed by atoms with Crippen molar-refractivity contribution in [3.05, 3.63) is 35.4 Å². The van der Waals surface area contributed by atoms with Crippen molar-refractivity contribution >= 4 is 5.97 Å². The number of carboxylic acids is 1. The fourth-order valence-corrected chi connectivity index (χ4v) is 4.08. The van der Waals surface area contributed by atoms with Crippen LogP contribution >= 0.6 is 0 Å². The topological polar surface area (TPSA) is 40.5 Å². The Morgan fingerprint density at radius 2 is 2.00 bits per heavy atom. The van der Waals surface area contributed by atoms with E-state index in [1.54, 1.807) is 0 Å². The van der Waals surface area contributed by atoms with E-state index in [1.807, 2.05) is 0 Å². The number of rotatable bonds is 4. The monoisotopic (exact) mass is 273 g/mol. The lowest BCUT2D eigenvalue weighted by Gasteiger charge is -2.38. The summed E-state index contributed by atoms with van der Waals surface area (Å²) >= 11 is 0. The van der Waals surface area contributed by atoms with Crippen LogP contribution in [0.2, 0.25) is 0 Å². The van der Waals surface area contributed by atoms with Gasteiger partial charge in [-0.15, -0.1) is 0 Å². The molecule has 0 aliphatic carbocycles. The van der Waals surface area contributed by atoms with Crippen molar-refractivity contribution in [2.45, 2.75) is 57.7 Å². The molecular formula is C17H23NO2. The fraction of sp³-hybridized carbons (Fsp3) is 0.588. The summed E-state index contributed by atoms with van der Waals surface area (Å²) in [6.07, 6.45) is 4.97. The van der Waals surface area contributed by atoms with Crippen LogP contribution in [0.3, 0.4) is 0 Å². The van der Waals surface area contributed by atoms with E-state index in [9.17, 15) is 4.79 Å². The molecule has 1 aromatic carbocycles. The third-order valence-corrected chi connectivity index (χ3v) is 4.89. The number of carbonyl (C=O) groups is 1. The molecule has 1 aromatic rings.